The molecule has 2 N–H and O–H groups in total. The maximum Gasteiger partial charge on any atom is 0.273 e. The van der Waals surface area contributed by atoms with Crippen molar-refractivity contribution in [1.29, 1.82) is 0 Å². The second-order valence-electron chi connectivity index (χ2n) is 4.73. The molecule has 0 atom stereocenters. The van der Waals surface area contributed by atoms with E-state index in [9.17, 15) is 13.2 Å². The predicted octanol–water partition coefficient (Wildman–Crippen LogP) is 2.71. The summed E-state index contributed by atoms with van der Waals surface area (Å²) in [6, 6.07) is 4.63. The van der Waals surface area contributed by atoms with Crippen molar-refractivity contribution < 1.29 is 17.6 Å². The number of halogens is 1. The van der Waals surface area contributed by atoms with E-state index >= 15 is 0 Å². The summed E-state index contributed by atoms with van der Waals surface area (Å²) in [5, 5.41) is 3.00. The van der Waals surface area contributed by atoms with E-state index in [0.29, 0.717) is 10.7 Å². The molecule has 1 aromatic heterocycles. The Balaban J connectivity index is 2.28. The fourth-order valence-electron chi connectivity index (χ4n) is 1.97. The molecule has 0 aliphatic rings. The number of hydrogen-bond acceptors (Lipinski definition) is 4. The Hall–Kier alpha value is -1.83. The van der Waals surface area contributed by atoms with Crippen LogP contribution in [0.2, 0.25) is 5.02 Å². The third-order valence-corrected chi connectivity index (χ3v) is 4.61. The second-order valence-corrected chi connectivity index (χ2v) is 6.98. The van der Waals surface area contributed by atoms with Crippen LogP contribution >= 0.6 is 11.6 Å². The number of aryl methyl sites for hydroxylation is 2. The van der Waals surface area contributed by atoms with Crippen LogP contribution in [0.3, 0.4) is 0 Å². The molecule has 0 unspecified atom stereocenters. The van der Waals surface area contributed by atoms with Crippen LogP contribution in [0, 0.1) is 13.8 Å². The summed E-state index contributed by atoms with van der Waals surface area (Å²) in [5.41, 5.74) is 2.37. The van der Waals surface area contributed by atoms with Gasteiger partial charge in [0.1, 0.15) is 6.26 Å². The van der Waals surface area contributed by atoms with Crippen molar-refractivity contribution in [3.05, 3.63) is 46.2 Å². The van der Waals surface area contributed by atoms with E-state index in [2.05, 4.69) is 10.0 Å². The number of nitrogens with one attached hydrogen (secondary N) is 2. The van der Waals surface area contributed by atoms with Crippen molar-refractivity contribution in [2.75, 3.05) is 12.4 Å². The Labute approximate surface area is 133 Å². The van der Waals surface area contributed by atoms with E-state index in [4.69, 9.17) is 16.0 Å². The molecule has 0 spiro atoms. The van der Waals surface area contributed by atoms with Gasteiger partial charge in [0.05, 0.1) is 5.56 Å². The zero-order valence-corrected chi connectivity index (χ0v) is 13.8. The first-order valence-electron chi connectivity index (χ1n) is 6.35. The van der Waals surface area contributed by atoms with Crippen molar-refractivity contribution in [3.63, 3.8) is 0 Å². The van der Waals surface area contributed by atoms with Gasteiger partial charge in [0.25, 0.3) is 15.9 Å². The first kappa shape index (κ1) is 16.5. The average molecular weight is 343 g/mol. The minimum Gasteiger partial charge on any atom is -0.451 e. The Morgan fingerprint density at radius 3 is 2.32 bits per heavy atom. The minimum absolute atomic E-state index is 0.113. The number of carbonyl (C=O) groups is 1. The lowest BCUT2D eigenvalue weighted by Gasteiger charge is -2.11. The number of sulfonamides is 1. The number of hydrogen-bond donors (Lipinski definition) is 2. The smallest absolute Gasteiger partial charge is 0.273 e. The molecular formula is C14H15ClN2O4S. The number of furan rings is 1. The van der Waals surface area contributed by atoms with E-state index in [0.717, 1.165) is 17.4 Å². The van der Waals surface area contributed by atoms with Gasteiger partial charge in [0.15, 0.2) is 0 Å². The normalized spacial score (nSPS) is 11.5. The van der Waals surface area contributed by atoms with Crippen molar-refractivity contribution in [1.82, 2.24) is 4.72 Å². The minimum atomic E-state index is -3.72. The van der Waals surface area contributed by atoms with Gasteiger partial charge in [-0.2, -0.15) is 0 Å². The van der Waals surface area contributed by atoms with Crippen LogP contribution in [-0.2, 0) is 10.0 Å². The van der Waals surface area contributed by atoms with Gasteiger partial charge in [-0.05, 0) is 44.2 Å². The second kappa shape index (κ2) is 6.12. The van der Waals surface area contributed by atoms with E-state index in [1.165, 1.54) is 13.1 Å². The number of carbonyl (C=O) groups excluding carboxylic acids is 1. The highest BCUT2D eigenvalue weighted by atomic mass is 35.5. The maximum absolute atomic E-state index is 12.2. The van der Waals surface area contributed by atoms with Crippen LogP contribution in [0.1, 0.15) is 21.5 Å². The van der Waals surface area contributed by atoms with Gasteiger partial charge in [-0.3, -0.25) is 4.79 Å². The molecule has 22 heavy (non-hydrogen) atoms. The number of anilines is 1. The molecule has 6 nitrogen and oxygen atoms in total. The molecule has 1 aromatic carbocycles. The lowest BCUT2D eigenvalue weighted by molar-refractivity contribution is 0.102. The highest BCUT2D eigenvalue weighted by Gasteiger charge is 2.20. The molecule has 2 rings (SSSR count). The molecule has 0 fully saturated rings. The first-order valence-corrected chi connectivity index (χ1v) is 8.21. The summed E-state index contributed by atoms with van der Waals surface area (Å²) in [6.07, 6.45) is 1.10. The van der Waals surface area contributed by atoms with Gasteiger partial charge in [0.2, 0.25) is 5.09 Å². The molecule has 2 aromatic rings. The third kappa shape index (κ3) is 3.32. The topological polar surface area (TPSA) is 88.4 Å². The molecule has 0 bridgehead atoms. The summed E-state index contributed by atoms with van der Waals surface area (Å²) in [5.74, 6) is -0.463. The Bertz CT molecular complexity index is 804. The average Bonchev–Trinajstić information content (AvgIpc) is 2.93. The van der Waals surface area contributed by atoms with Gasteiger partial charge in [-0.25, -0.2) is 13.1 Å². The molecule has 1 amide bonds. The van der Waals surface area contributed by atoms with Crippen molar-refractivity contribution in [2.45, 2.75) is 18.9 Å². The molecule has 0 aliphatic carbocycles. The number of amides is 1. The highest BCUT2D eigenvalue weighted by Crippen LogP contribution is 2.25. The summed E-state index contributed by atoms with van der Waals surface area (Å²) in [7, 11) is -2.46. The predicted molar refractivity (Wildman–Crippen MR) is 83.8 cm³/mol. The Morgan fingerprint density at radius 2 is 1.77 bits per heavy atom. The molecule has 0 aliphatic heterocycles. The number of benzene rings is 1. The largest absolute Gasteiger partial charge is 0.451 e. The van der Waals surface area contributed by atoms with Crippen LogP contribution in [0.25, 0.3) is 0 Å². The fraction of sp³-hybridized carbons (Fsp3) is 0.214. The van der Waals surface area contributed by atoms with Crippen LogP contribution in [0.15, 0.2) is 34.0 Å². The van der Waals surface area contributed by atoms with E-state index in [1.54, 1.807) is 12.1 Å². The standard InChI is InChI=1S/C14H15ClN2O4S/c1-8-4-11(15)5-9(2)13(8)17-14(18)10-6-12(21-7-10)22(19,20)16-3/h4-7,16H,1-3H3,(H,17,18). The van der Waals surface area contributed by atoms with Gasteiger partial charge >= 0.3 is 0 Å². The van der Waals surface area contributed by atoms with Crippen molar-refractivity contribution in [2.24, 2.45) is 0 Å². The van der Waals surface area contributed by atoms with Crippen LogP contribution in [-0.4, -0.2) is 21.4 Å². The maximum atomic E-state index is 12.2. The van der Waals surface area contributed by atoms with Crippen molar-refractivity contribution >= 4 is 33.2 Å². The molecule has 0 saturated carbocycles. The quantitative estimate of drug-likeness (QED) is 0.894. The van der Waals surface area contributed by atoms with Crippen LogP contribution in [0.4, 0.5) is 5.69 Å². The van der Waals surface area contributed by atoms with Gasteiger partial charge in [-0.1, -0.05) is 11.6 Å². The molecule has 118 valence electrons. The summed E-state index contributed by atoms with van der Waals surface area (Å²) in [4.78, 5) is 12.2. The number of rotatable bonds is 4. The zero-order valence-electron chi connectivity index (χ0n) is 12.2. The van der Waals surface area contributed by atoms with E-state index in [1.807, 2.05) is 13.8 Å². The zero-order chi connectivity index (χ0) is 16.5. The summed E-state index contributed by atoms with van der Waals surface area (Å²) >= 11 is 5.94. The summed E-state index contributed by atoms with van der Waals surface area (Å²) < 4.78 is 30.2. The van der Waals surface area contributed by atoms with E-state index in [-0.39, 0.29) is 10.7 Å². The molecule has 8 heteroatoms. The lowest BCUT2D eigenvalue weighted by Crippen LogP contribution is -2.18. The van der Waals surface area contributed by atoms with Crippen LogP contribution in [0.5, 0.6) is 0 Å². The highest BCUT2D eigenvalue weighted by molar-refractivity contribution is 7.89. The first-order chi connectivity index (χ1) is 10.2. The van der Waals surface area contributed by atoms with Crippen molar-refractivity contribution in [3.8, 4) is 0 Å². The monoisotopic (exact) mass is 342 g/mol. The lowest BCUT2D eigenvalue weighted by atomic mass is 10.1. The van der Waals surface area contributed by atoms with E-state index < -0.39 is 15.9 Å². The third-order valence-electron chi connectivity index (χ3n) is 3.11. The summed E-state index contributed by atoms with van der Waals surface area (Å²) in [6.45, 7) is 3.64. The Morgan fingerprint density at radius 1 is 1.18 bits per heavy atom. The van der Waals surface area contributed by atoms with Crippen LogP contribution < -0.4 is 10.0 Å². The van der Waals surface area contributed by atoms with Gasteiger partial charge in [-0.15, -0.1) is 0 Å². The Kier molecular flexibility index (Phi) is 4.60. The molecule has 0 saturated heterocycles. The molecule has 0 radical (unpaired) electrons. The van der Waals surface area contributed by atoms with Gasteiger partial charge < -0.3 is 9.73 Å². The SMILES string of the molecule is CNS(=O)(=O)c1cc(C(=O)Nc2c(C)cc(Cl)cc2C)co1. The molecular weight excluding hydrogens is 328 g/mol. The molecule has 1 heterocycles. The van der Waals surface area contributed by atoms with Gasteiger partial charge in [0, 0.05) is 16.8 Å². The fourth-order valence-corrected chi connectivity index (χ4v) is 2.96.